The van der Waals surface area contributed by atoms with Crippen LogP contribution in [0.1, 0.15) is 13.8 Å². The Kier molecular flexibility index (Phi) is 5.36. The second-order valence-corrected chi connectivity index (χ2v) is 5.07. The molecule has 1 aliphatic heterocycles. The van der Waals surface area contributed by atoms with E-state index >= 15 is 0 Å². The van der Waals surface area contributed by atoms with E-state index in [1.165, 1.54) is 0 Å². The number of carbonyl (C=O) groups excluding carboxylic acids is 1. The number of amides is 1. The van der Waals surface area contributed by atoms with Gasteiger partial charge in [-0.05, 0) is 13.8 Å². The minimum absolute atomic E-state index is 0.0136. The molecule has 0 spiro atoms. The van der Waals surface area contributed by atoms with Crippen molar-refractivity contribution in [2.24, 2.45) is 5.73 Å². The van der Waals surface area contributed by atoms with E-state index in [2.05, 4.69) is 16.7 Å². The summed E-state index contributed by atoms with van der Waals surface area (Å²) in [7, 11) is 3.62. The van der Waals surface area contributed by atoms with Crippen molar-refractivity contribution < 1.29 is 4.79 Å². The van der Waals surface area contributed by atoms with Crippen molar-refractivity contribution in [3.63, 3.8) is 0 Å². The fraction of sp³-hybridized carbons (Fsp3) is 0.917. The molecule has 5 nitrogen and oxygen atoms in total. The van der Waals surface area contributed by atoms with E-state index in [4.69, 9.17) is 5.73 Å². The van der Waals surface area contributed by atoms with Gasteiger partial charge in [0.05, 0.1) is 6.04 Å². The molecule has 2 unspecified atom stereocenters. The normalized spacial score (nSPS) is 22.2. The summed E-state index contributed by atoms with van der Waals surface area (Å²) < 4.78 is 0. The van der Waals surface area contributed by atoms with Crippen LogP contribution in [0, 0.1) is 0 Å². The van der Waals surface area contributed by atoms with Gasteiger partial charge in [-0.2, -0.15) is 0 Å². The number of hydrogen-bond donors (Lipinski definition) is 1. The summed E-state index contributed by atoms with van der Waals surface area (Å²) in [6, 6.07) is 0.428. The number of rotatable bonds is 4. The fourth-order valence-corrected chi connectivity index (χ4v) is 2.24. The second kappa shape index (κ2) is 6.33. The van der Waals surface area contributed by atoms with Crippen molar-refractivity contribution >= 4 is 5.91 Å². The SMILES string of the molecule is CC(CN)N1CCN(C(C)C(=O)N(C)C)CC1. The first-order valence-electron chi connectivity index (χ1n) is 6.36. The highest BCUT2D eigenvalue weighted by molar-refractivity contribution is 5.80. The second-order valence-electron chi connectivity index (χ2n) is 5.07. The molecule has 0 aromatic carbocycles. The lowest BCUT2D eigenvalue weighted by Gasteiger charge is -2.40. The third-order valence-electron chi connectivity index (χ3n) is 3.66. The zero-order valence-corrected chi connectivity index (χ0v) is 11.5. The summed E-state index contributed by atoms with van der Waals surface area (Å²) in [5.74, 6) is 0.185. The average molecular weight is 242 g/mol. The van der Waals surface area contributed by atoms with Gasteiger partial charge in [-0.25, -0.2) is 0 Å². The van der Waals surface area contributed by atoms with Crippen LogP contribution >= 0.6 is 0 Å². The molecule has 0 saturated carbocycles. The Labute approximate surface area is 105 Å². The summed E-state index contributed by atoms with van der Waals surface area (Å²) in [6.45, 7) is 8.75. The average Bonchev–Trinajstić information content (AvgIpc) is 2.36. The first-order chi connectivity index (χ1) is 7.97. The topological polar surface area (TPSA) is 52.8 Å². The zero-order chi connectivity index (χ0) is 13.0. The fourth-order valence-electron chi connectivity index (χ4n) is 2.24. The third kappa shape index (κ3) is 3.66. The maximum Gasteiger partial charge on any atom is 0.239 e. The Hall–Kier alpha value is -0.650. The van der Waals surface area contributed by atoms with Crippen molar-refractivity contribution in [2.75, 3.05) is 46.8 Å². The first-order valence-corrected chi connectivity index (χ1v) is 6.36. The number of carbonyl (C=O) groups is 1. The van der Waals surface area contributed by atoms with Gasteiger partial charge in [0.25, 0.3) is 0 Å². The Morgan fingerprint density at radius 3 is 2.06 bits per heavy atom. The molecule has 5 heteroatoms. The highest BCUT2D eigenvalue weighted by atomic mass is 16.2. The summed E-state index contributed by atoms with van der Waals surface area (Å²) in [4.78, 5) is 18.2. The van der Waals surface area contributed by atoms with Gasteiger partial charge < -0.3 is 10.6 Å². The highest BCUT2D eigenvalue weighted by Gasteiger charge is 2.27. The van der Waals surface area contributed by atoms with Gasteiger partial charge >= 0.3 is 0 Å². The predicted molar refractivity (Wildman–Crippen MR) is 69.8 cm³/mol. The highest BCUT2D eigenvalue weighted by Crippen LogP contribution is 2.10. The predicted octanol–water partition coefficient (Wildman–Crippen LogP) is -0.572. The zero-order valence-electron chi connectivity index (χ0n) is 11.5. The lowest BCUT2D eigenvalue weighted by atomic mass is 10.2. The molecule has 17 heavy (non-hydrogen) atoms. The van der Waals surface area contributed by atoms with Gasteiger partial charge in [0.1, 0.15) is 0 Å². The van der Waals surface area contributed by atoms with E-state index in [9.17, 15) is 4.79 Å². The number of nitrogens with two attached hydrogens (primary N) is 1. The smallest absolute Gasteiger partial charge is 0.239 e. The molecule has 1 fully saturated rings. The molecule has 1 amide bonds. The minimum Gasteiger partial charge on any atom is -0.347 e. The molecule has 0 aliphatic carbocycles. The van der Waals surface area contributed by atoms with Crippen molar-refractivity contribution in [2.45, 2.75) is 25.9 Å². The van der Waals surface area contributed by atoms with E-state index < -0.39 is 0 Å². The largest absolute Gasteiger partial charge is 0.347 e. The molecule has 1 rings (SSSR count). The molecule has 100 valence electrons. The molecular formula is C12H26N4O. The van der Waals surface area contributed by atoms with Crippen LogP contribution < -0.4 is 5.73 Å². The van der Waals surface area contributed by atoms with Crippen LogP contribution in [0.3, 0.4) is 0 Å². The number of nitrogens with zero attached hydrogens (tertiary/aromatic N) is 3. The number of likely N-dealkylation sites (N-methyl/N-ethyl adjacent to an activating group) is 1. The third-order valence-corrected chi connectivity index (χ3v) is 3.66. The molecule has 0 aromatic heterocycles. The lowest BCUT2D eigenvalue weighted by molar-refractivity contribution is -0.134. The molecular weight excluding hydrogens is 216 g/mol. The minimum atomic E-state index is -0.0136. The van der Waals surface area contributed by atoms with E-state index in [1.54, 1.807) is 4.90 Å². The van der Waals surface area contributed by atoms with Gasteiger partial charge in [-0.1, -0.05) is 0 Å². The summed E-state index contributed by atoms with van der Waals surface area (Å²) >= 11 is 0. The van der Waals surface area contributed by atoms with Gasteiger partial charge in [-0.3, -0.25) is 14.6 Å². The quantitative estimate of drug-likeness (QED) is 0.717. The standard InChI is InChI=1S/C12H26N4O/c1-10(9-13)15-5-7-16(8-6-15)11(2)12(17)14(3)4/h10-11H,5-9,13H2,1-4H3. The van der Waals surface area contributed by atoms with Crippen molar-refractivity contribution in [1.82, 2.24) is 14.7 Å². The van der Waals surface area contributed by atoms with E-state index in [0.29, 0.717) is 12.6 Å². The van der Waals surface area contributed by atoms with Crippen LogP contribution in [-0.4, -0.2) is 79.5 Å². The Morgan fingerprint density at radius 1 is 1.18 bits per heavy atom. The maximum absolute atomic E-state index is 11.9. The number of hydrogen-bond acceptors (Lipinski definition) is 4. The summed E-state index contributed by atoms with van der Waals surface area (Å²) in [5.41, 5.74) is 5.67. The summed E-state index contributed by atoms with van der Waals surface area (Å²) in [6.07, 6.45) is 0. The molecule has 0 aromatic rings. The monoisotopic (exact) mass is 242 g/mol. The van der Waals surface area contributed by atoms with Crippen LogP contribution in [-0.2, 0) is 4.79 Å². The Bertz CT molecular complexity index is 249. The van der Waals surface area contributed by atoms with Crippen LogP contribution in [0.4, 0.5) is 0 Å². The molecule has 2 N–H and O–H groups in total. The van der Waals surface area contributed by atoms with Crippen LogP contribution in [0.15, 0.2) is 0 Å². The van der Waals surface area contributed by atoms with Crippen LogP contribution in [0.25, 0.3) is 0 Å². The van der Waals surface area contributed by atoms with Gasteiger partial charge in [0.2, 0.25) is 5.91 Å². The lowest BCUT2D eigenvalue weighted by Crippen LogP contribution is -2.56. The molecule has 1 saturated heterocycles. The number of piperazine rings is 1. The molecule has 0 bridgehead atoms. The van der Waals surface area contributed by atoms with Gasteiger partial charge in [-0.15, -0.1) is 0 Å². The van der Waals surface area contributed by atoms with E-state index in [1.807, 2.05) is 21.0 Å². The van der Waals surface area contributed by atoms with Crippen LogP contribution in [0.2, 0.25) is 0 Å². The molecule has 2 atom stereocenters. The Balaban J connectivity index is 2.44. The molecule has 1 aliphatic rings. The van der Waals surface area contributed by atoms with E-state index in [0.717, 1.165) is 26.2 Å². The van der Waals surface area contributed by atoms with Gasteiger partial charge in [0, 0.05) is 52.9 Å². The van der Waals surface area contributed by atoms with Crippen molar-refractivity contribution in [3.8, 4) is 0 Å². The molecule has 0 radical (unpaired) electrons. The van der Waals surface area contributed by atoms with Crippen LogP contribution in [0.5, 0.6) is 0 Å². The Morgan fingerprint density at radius 2 is 1.65 bits per heavy atom. The van der Waals surface area contributed by atoms with E-state index in [-0.39, 0.29) is 11.9 Å². The van der Waals surface area contributed by atoms with Gasteiger partial charge in [0.15, 0.2) is 0 Å². The first kappa shape index (κ1) is 14.4. The van der Waals surface area contributed by atoms with Crippen molar-refractivity contribution in [3.05, 3.63) is 0 Å². The maximum atomic E-state index is 11.9. The summed E-state index contributed by atoms with van der Waals surface area (Å²) in [5, 5.41) is 0. The molecule has 1 heterocycles. The van der Waals surface area contributed by atoms with Crippen molar-refractivity contribution in [1.29, 1.82) is 0 Å².